The van der Waals surface area contributed by atoms with Gasteiger partial charge >= 0.3 is 0 Å². The number of benzene rings is 2. The fraction of sp³-hybridized carbons (Fsp3) is 0.364. The van der Waals surface area contributed by atoms with E-state index in [4.69, 9.17) is 0 Å². The number of anilines is 1. The van der Waals surface area contributed by atoms with Crippen LogP contribution in [-0.2, 0) is 4.79 Å². The fourth-order valence-electron chi connectivity index (χ4n) is 4.03. The monoisotopic (exact) mass is 379 g/mol. The van der Waals surface area contributed by atoms with Crippen molar-refractivity contribution < 1.29 is 4.79 Å². The molecule has 140 valence electrons. The fourth-order valence-corrected chi connectivity index (χ4v) is 4.43. The minimum Gasteiger partial charge on any atom is -0.324 e. The smallest absolute Gasteiger partial charge is 0.234 e. The van der Waals surface area contributed by atoms with Crippen LogP contribution in [0, 0.1) is 5.92 Å². The maximum atomic E-state index is 13.2. The third kappa shape index (κ3) is 4.19. The summed E-state index contributed by atoms with van der Waals surface area (Å²) in [6.45, 7) is 0. The first kappa shape index (κ1) is 18.1. The molecule has 3 aromatic rings. The van der Waals surface area contributed by atoms with Crippen LogP contribution in [0.25, 0.3) is 11.0 Å². The molecule has 1 heterocycles. The van der Waals surface area contributed by atoms with E-state index in [1.165, 1.54) is 30.6 Å². The lowest BCUT2D eigenvalue weighted by Crippen LogP contribution is -2.23. The van der Waals surface area contributed by atoms with Gasteiger partial charge in [0.2, 0.25) is 11.9 Å². The Labute approximate surface area is 164 Å². The molecule has 2 N–H and O–H groups in total. The number of para-hydroxylation sites is 2. The third-order valence-electron chi connectivity index (χ3n) is 5.51. The van der Waals surface area contributed by atoms with Gasteiger partial charge in [0.15, 0.2) is 0 Å². The summed E-state index contributed by atoms with van der Waals surface area (Å²) in [4.78, 5) is 22.1. The molecule has 4 nitrogen and oxygen atoms in total. The van der Waals surface area contributed by atoms with Crippen LogP contribution in [0.4, 0.5) is 5.95 Å². The van der Waals surface area contributed by atoms with Gasteiger partial charge < -0.3 is 4.98 Å². The summed E-state index contributed by atoms with van der Waals surface area (Å²) in [7, 11) is 0. The van der Waals surface area contributed by atoms with E-state index in [-0.39, 0.29) is 11.8 Å². The predicted molar refractivity (Wildman–Crippen MR) is 112 cm³/mol. The summed E-state index contributed by atoms with van der Waals surface area (Å²) in [5.41, 5.74) is 2.89. The Morgan fingerprint density at radius 1 is 1.19 bits per heavy atom. The highest BCUT2D eigenvalue weighted by atomic mass is 32.2. The van der Waals surface area contributed by atoms with Crippen molar-refractivity contribution in [2.45, 2.75) is 42.9 Å². The predicted octanol–water partition coefficient (Wildman–Crippen LogP) is 5.59. The molecule has 0 saturated heterocycles. The zero-order valence-electron chi connectivity index (χ0n) is 15.6. The normalized spacial score (nSPS) is 15.9. The van der Waals surface area contributed by atoms with Crippen LogP contribution in [0.5, 0.6) is 0 Å². The van der Waals surface area contributed by atoms with Crippen molar-refractivity contribution in [3.05, 3.63) is 54.1 Å². The van der Waals surface area contributed by atoms with Crippen molar-refractivity contribution in [2.75, 3.05) is 11.6 Å². The summed E-state index contributed by atoms with van der Waals surface area (Å²) in [5.74, 6) is 1.05. The minimum absolute atomic E-state index is 0.0258. The quantitative estimate of drug-likeness (QED) is 0.549. The van der Waals surface area contributed by atoms with Crippen molar-refractivity contribution >= 4 is 34.7 Å². The van der Waals surface area contributed by atoms with Crippen LogP contribution in [0.1, 0.15) is 43.6 Å². The standard InChI is InChI=1S/C22H25N3OS/c1-27-17-12-10-16(11-13-17)18(14-15-6-2-3-7-15)21(26)25-22-23-19-8-4-5-9-20(19)24-22/h4-5,8-13,15,18H,2-3,6-7,14H2,1H3,(H2,23,24,25,26)/t18-/m1/s1. The van der Waals surface area contributed by atoms with E-state index in [0.717, 1.165) is 23.0 Å². The maximum absolute atomic E-state index is 13.2. The summed E-state index contributed by atoms with van der Waals surface area (Å²) < 4.78 is 0. The number of hydrogen-bond donors (Lipinski definition) is 2. The van der Waals surface area contributed by atoms with Crippen LogP contribution >= 0.6 is 11.8 Å². The van der Waals surface area contributed by atoms with Gasteiger partial charge in [-0.25, -0.2) is 4.98 Å². The third-order valence-corrected chi connectivity index (χ3v) is 6.25. The van der Waals surface area contributed by atoms with Gasteiger partial charge in [0, 0.05) is 4.90 Å². The number of imidazole rings is 1. The molecule has 0 radical (unpaired) electrons. The first-order chi connectivity index (χ1) is 13.2. The average molecular weight is 380 g/mol. The highest BCUT2D eigenvalue weighted by Gasteiger charge is 2.27. The van der Waals surface area contributed by atoms with E-state index in [1.807, 2.05) is 24.3 Å². The van der Waals surface area contributed by atoms with Crippen LogP contribution in [0.3, 0.4) is 0 Å². The number of carbonyl (C=O) groups excluding carboxylic acids is 1. The molecule has 5 heteroatoms. The molecule has 0 unspecified atom stereocenters. The van der Waals surface area contributed by atoms with Crippen molar-refractivity contribution in [3.63, 3.8) is 0 Å². The van der Waals surface area contributed by atoms with Gasteiger partial charge in [0.25, 0.3) is 0 Å². The summed E-state index contributed by atoms with van der Waals surface area (Å²) >= 11 is 1.72. The molecular formula is C22H25N3OS. The molecule has 0 bridgehead atoms. The van der Waals surface area contributed by atoms with Crippen molar-refractivity contribution in [1.82, 2.24) is 9.97 Å². The molecular weight excluding hydrogens is 354 g/mol. The van der Waals surface area contributed by atoms with Gasteiger partial charge in [-0.1, -0.05) is 49.9 Å². The Kier molecular flexibility index (Phi) is 5.48. The van der Waals surface area contributed by atoms with E-state index >= 15 is 0 Å². The highest BCUT2D eigenvalue weighted by Crippen LogP contribution is 2.35. The number of aromatic amines is 1. The van der Waals surface area contributed by atoms with Gasteiger partial charge in [-0.3, -0.25) is 10.1 Å². The van der Waals surface area contributed by atoms with Gasteiger partial charge in [-0.15, -0.1) is 11.8 Å². The van der Waals surface area contributed by atoms with E-state index in [9.17, 15) is 4.79 Å². The van der Waals surface area contributed by atoms with Crippen LogP contribution in [-0.4, -0.2) is 22.1 Å². The maximum Gasteiger partial charge on any atom is 0.234 e. The van der Waals surface area contributed by atoms with Crippen LogP contribution in [0.15, 0.2) is 53.4 Å². The molecule has 1 aromatic heterocycles. The molecule has 4 rings (SSSR count). The number of carbonyl (C=O) groups is 1. The average Bonchev–Trinajstić information content (AvgIpc) is 3.35. The molecule has 2 aromatic carbocycles. The molecule has 1 fully saturated rings. The van der Waals surface area contributed by atoms with Crippen molar-refractivity contribution in [2.24, 2.45) is 5.92 Å². The Morgan fingerprint density at radius 3 is 2.63 bits per heavy atom. The SMILES string of the molecule is CSc1ccc([C@@H](CC2CCCC2)C(=O)Nc2nc3ccccc3[nH]2)cc1. The Balaban J connectivity index is 1.56. The molecule has 1 aliphatic rings. The molecule has 1 aliphatic carbocycles. The molecule has 0 spiro atoms. The Hall–Kier alpha value is -2.27. The lowest BCUT2D eigenvalue weighted by molar-refractivity contribution is -0.118. The zero-order chi connectivity index (χ0) is 18.6. The minimum atomic E-state index is -0.141. The van der Waals surface area contributed by atoms with E-state index in [2.05, 4.69) is 45.8 Å². The lowest BCUT2D eigenvalue weighted by atomic mass is 9.87. The topological polar surface area (TPSA) is 57.8 Å². The highest BCUT2D eigenvalue weighted by molar-refractivity contribution is 7.98. The molecule has 1 atom stereocenters. The number of fused-ring (bicyclic) bond motifs is 1. The van der Waals surface area contributed by atoms with Gasteiger partial charge in [-0.05, 0) is 48.4 Å². The number of H-pyrrole nitrogens is 1. The number of nitrogens with zero attached hydrogens (tertiary/aromatic N) is 1. The van der Waals surface area contributed by atoms with E-state index in [1.54, 1.807) is 11.8 Å². The van der Waals surface area contributed by atoms with Crippen molar-refractivity contribution in [3.8, 4) is 0 Å². The van der Waals surface area contributed by atoms with E-state index in [0.29, 0.717) is 11.9 Å². The van der Waals surface area contributed by atoms with Crippen LogP contribution < -0.4 is 5.32 Å². The molecule has 1 saturated carbocycles. The first-order valence-corrected chi connectivity index (χ1v) is 10.8. The number of thioether (sulfide) groups is 1. The lowest BCUT2D eigenvalue weighted by Gasteiger charge is -2.20. The summed E-state index contributed by atoms with van der Waals surface area (Å²) in [6, 6.07) is 16.2. The Bertz CT molecular complexity index is 880. The summed E-state index contributed by atoms with van der Waals surface area (Å²) in [5, 5.41) is 3.02. The number of rotatable bonds is 6. The number of hydrogen-bond acceptors (Lipinski definition) is 3. The van der Waals surface area contributed by atoms with Crippen molar-refractivity contribution in [1.29, 1.82) is 0 Å². The second-order valence-corrected chi connectivity index (χ2v) is 8.18. The second-order valence-electron chi connectivity index (χ2n) is 7.30. The van der Waals surface area contributed by atoms with Gasteiger partial charge in [0.1, 0.15) is 0 Å². The molecule has 1 amide bonds. The number of aromatic nitrogens is 2. The summed E-state index contributed by atoms with van der Waals surface area (Å²) in [6.07, 6.45) is 8.01. The van der Waals surface area contributed by atoms with Gasteiger partial charge in [0.05, 0.1) is 17.0 Å². The zero-order valence-corrected chi connectivity index (χ0v) is 16.4. The van der Waals surface area contributed by atoms with Crippen LogP contribution in [0.2, 0.25) is 0 Å². The van der Waals surface area contributed by atoms with E-state index < -0.39 is 0 Å². The first-order valence-electron chi connectivity index (χ1n) is 9.62. The second kappa shape index (κ2) is 8.17. The number of amides is 1. The largest absolute Gasteiger partial charge is 0.324 e. The number of nitrogens with one attached hydrogen (secondary N) is 2. The molecule has 0 aliphatic heterocycles. The van der Waals surface area contributed by atoms with Gasteiger partial charge in [-0.2, -0.15) is 0 Å². The molecule has 27 heavy (non-hydrogen) atoms. The Morgan fingerprint density at radius 2 is 1.93 bits per heavy atom.